The fourth-order valence-electron chi connectivity index (χ4n) is 1.35. The van der Waals surface area contributed by atoms with Crippen LogP contribution in [0.25, 0.3) is 0 Å². The van der Waals surface area contributed by atoms with E-state index in [2.05, 4.69) is 4.72 Å². The Balaban J connectivity index is 3.29. The molecule has 1 N–H and O–H groups in total. The zero-order valence-electron chi connectivity index (χ0n) is 11.7. The summed E-state index contributed by atoms with van der Waals surface area (Å²) in [5.74, 6) is 0. The molecule has 8 nitrogen and oxygen atoms in total. The van der Waals surface area contributed by atoms with Crippen LogP contribution in [0.1, 0.15) is 13.8 Å². The third-order valence-electron chi connectivity index (χ3n) is 2.71. The van der Waals surface area contributed by atoms with Crippen LogP contribution >= 0.6 is 0 Å². The summed E-state index contributed by atoms with van der Waals surface area (Å²) in [6, 6.07) is 1.95. The Hall–Kier alpha value is -1.92. The number of hydrogen-bond acceptors (Lipinski definition) is 5. The summed E-state index contributed by atoms with van der Waals surface area (Å²) in [6.45, 7) is 2.99. The summed E-state index contributed by atoms with van der Waals surface area (Å²) in [6.07, 6.45) is 0.965. The van der Waals surface area contributed by atoms with E-state index >= 15 is 0 Å². The van der Waals surface area contributed by atoms with Gasteiger partial charge in [-0.25, -0.2) is 17.9 Å². The Labute approximate surface area is 116 Å². The predicted molar refractivity (Wildman–Crippen MR) is 71.5 cm³/mol. The molecule has 0 aliphatic carbocycles. The van der Waals surface area contributed by atoms with E-state index in [4.69, 9.17) is 5.26 Å². The lowest BCUT2D eigenvalue weighted by Gasteiger charge is -2.16. The Kier molecular flexibility index (Phi) is 4.21. The molecule has 0 atom stereocenters. The maximum Gasteiger partial charge on any atom is 0.330 e. The van der Waals surface area contributed by atoms with Gasteiger partial charge in [-0.3, -0.25) is 9.36 Å². The average Bonchev–Trinajstić information content (AvgIpc) is 2.38. The minimum Gasteiger partial charge on any atom is -0.302 e. The van der Waals surface area contributed by atoms with Gasteiger partial charge in [0.25, 0.3) is 5.56 Å². The molecule has 1 rings (SSSR count). The number of nitrogens with one attached hydrogen (secondary N) is 1. The van der Waals surface area contributed by atoms with E-state index in [1.165, 1.54) is 14.1 Å². The van der Waals surface area contributed by atoms with Gasteiger partial charge in [0.2, 0.25) is 10.0 Å². The van der Waals surface area contributed by atoms with Gasteiger partial charge in [0, 0.05) is 26.8 Å². The third-order valence-corrected chi connectivity index (χ3v) is 4.09. The number of nitriles is 1. The predicted octanol–water partition coefficient (Wildman–Crippen LogP) is -1.09. The van der Waals surface area contributed by atoms with Gasteiger partial charge in [-0.2, -0.15) is 5.26 Å². The second-order valence-corrected chi connectivity index (χ2v) is 6.81. The average molecular weight is 300 g/mol. The number of aromatic nitrogens is 2. The summed E-state index contributed by atoms with van der Waals surface area (Å²) in [5.41, 5.74) is -2.43. The summed E-state index contributed by atoms with van der Waals surface area (Å²) >= 11 is 0. The van der Waals surface area contributed by atoms with Crippen molar-refractivity contribution in [2.24, 2.45) is 19.5 Å². The number of sulfonamides is 1. The van der Waals surface area contributed by atoms with Crippen molar-refractivity contribution < 1.29 is 8.42 Å². The van der Waals surface area contributed by atoms with E-state index in [1.54, 1.807) is 13.8 Å². The van der Waals surface area contributed by atoms with Gasteiger partial charge in [0.1, 0.15) is 0 Å². The van der Waals surface area contributed by atoms with Gasteiger partial charge in [-0.15, -0.1) is 0 Å². The molecule has 1 aromatic heterocycles. The molecule has 0 radical (unpaired) electrons. The molecule has 0 fully saturated rings. The van der Waals surface area contributed by atoms with Crippen LogP contribution in [0.3, 0.4) is 0 Å². The molecule has 20 heavy (non-hydrogen) atoms. The molecule has 0 spiro atoms. The second kappa shape index (κ2) is 5.22. The van der Waals surface area contributed by atoms with E-state index in [9.17, 15) is 18.0 Å². The number of hydrogen-bond donors (Lipinski definition) is 1. The fourth-order valence-corrected chi connectivity index (χ4v) is 2.72. The molecule has 1 heterocycles. The van der Waals surface area contributed by atoms with Gasteiger partial charge in [-0.05, 0) is 13.8 Å². The van der Waals surface area contributed by atoms with Gasteiger partial charge >= 0.3 is 5.69 Å². The minimum atomic E-state index is -4.09. The highest BCUT2D eigenvalue weighted by molar-refractivity contribution is 7.89. The number of aryl methyl sites for hydroxylation is 1. The standard InChI is InChI=1S/C11H16N4O4S/c1-11(2,6-12)7-13-20(18,19)8-5-14(3)10(17)15(4)9(8)16/h5,13H,7H2,1-4H3. The molecule has 0 aliphatic heterocycles. The summed E-state index contributed by atoms with van der Waals surface area (Å²) in [4.78, 5) is 22.8. The van der Waals surface area contributed by atoms with Crippen LogP contribution in [0.5, 0.6) is 0 Å². The molecule has 0 aliphatic rings. The summed E-state index contributed by atoms with van der Waals surface area (Å²) < 4.78 is 28.1. The van der Waals surface area contributed by atoms with E-state index in [0.717, 1.165) is 10.8 Å². The van der Waals surface area contributed by atoms with Crippen LogP contribution in [0, 0.1) is 16.7 Å². The van der Waals surface area contributed by atoms with E-state index in [1.807, 2.05) is 6.07 Å². The topological polar surface area (TPSA) is 114 Å². The number of rotatable bonds is 4. The van der Waals surface area contributed by atoms with E-state index < -0.39 is 31.6 Å². The monoisotopic (exact) mass is 300 g/mol. The zero-order chi connectivity index (χ0) is 15.7. The van der Waals surface area contributed by atoms with Gasteiger partial charge in [-0.1, -0.05) is 0 Å². The quantitative estimate of drug-likeness (QED) is 0.759. The van der Waals surface area contributed by atoms with Crippen molar-refractivity contribution in [2.75, 3.05) is 6.54 Å². The first-order valence-electron chi connectivity index (χ1n) is 5.69. The van der Waals surface area contributed by atoms with Gasteiger partial charge in [0.05, 0.1) is 11.5 Å². The maximum absolute atomic E-state index is 12.1. The second-order valence-electron chi connectivity index (χ2n) is 5.07. The normalized spacial score (nSPS) is 12.2. The molecule has 0 bridgehead atoms. The van der Waals surface area contributed by atoms with Crippen molar-refractivity contribution in [3.63, 3.8) is 0 Å². The molecule has 0 unspecified atom stereocenters. The maximum atomic E-state index is 12.1. The van der Waals surface area contributed by atoms with Crippen molar-refractivity contribution in [3.8, 4) is 6.07 Å². The van der Waals surface area contributed by atoms with E-state index in [-0.39, 0.29) is 6.54 Å². The summed E-state index contributed by atoms with van der Waals surface area (Å²) in [7, 11) is -1.55. The molecule has 9 heteroatoms. The highest BCUT2D eigenvalue weighted by Crippen LogP contribution is 2.12. The highest BCUT2D eigenvalue weighted by atomic mass is 32.2. The third kappa shape index (κ3) is 3.15. The molecule has 1 aromatic rings. The largest absolute Gasteiger partial charge is 0.330 e. The van der Waals surface area contributed by atoms with Crippen LogP contribution in [-0.2, 0) is 24.1 Å². The lowest BCUT2D eigenvalue weighted by molar-refractivity contribution is 0.477. The van der Waals surface area contributed by atoms with Gasteiger partial charge in [0.15, 0.2) is 4.90 Å². The van der Waals surface area contributed by atoms with Crippen molar-refractivity contribution >= 4 is 10.0 Å². The Morgan fingerprint density at radius 1 is 1.35 bits per heavy atom. The van der Waals surface area contributed by atoms with Crippen molar-refractivity contribution in [2.45, 2.75) is 18.7 Å². The first kappa shape index (κ1) is 16.1. The highest BCUT2D eigenvalue weighted by Gasteiger charge is 2.25. The van der Waals surface area contributed by atoms with Gasteiger partial charge < -0.3 is 4.57 Å². The Morgan fingerprint density at radius 2 is 1.90 bits per heavy atom. The Bertz CT molecular complexity index is 780. The van der Waals surface area contributed by atoms with Crippen LogP contribution in [0.15, 0.2) is 20.7 Å². The van der Waals surface area contributed by atoms with Crippen molar-refractivity contribution in [3.05, 3.63) is 27.0 Å². The fraction of sp³-hybridized carbons (Fsp3) is 0.545. The SMILES string of the molecule is Cn1cc(S(=O)(=O)NCC(C)(C)C#N)c(=O)n(C)c1=O. The molecule has 0 amide bonds. The van der Waals surface area contributed by atoms with Crippen molar-refractivity contribution in [1.82, 2.24) is 13.9 Å². The first-order chi connectivity index (χ1) is 9.02. The van der Waals surface area contributed by atoms with Crippen LogP contribution in [-0.4, -0.2) is 24.1 Å². The summed E-state index contributed by atoms with van der Waals surface area (Å²) in [5, 5.41) is 8.84. The minimum absolute atomic E-state index is 0.141. The zero-order valence-corrected chi connectivity index (χ0v) is 12.5. The number of nitrogens with zero attached hydrogens (tertiary/aromatic N) is 3. The van der Waals surface area contributed by atoms with Crippen LogP contribution in [0.4, 0.5) is 0 Å². The van der Waals surface area contributed by atoms with Crippen molar-refractivity contribution in [1.29, 1.82) is 5.26 Å². The molecule has 110 valence electrons. The molecule has 0 saturated carbocycles. The lowest BCUT2D eigenvalue weighted by Crippen LogP contribution is -2.42. The van der Waals surface area contributed by atoms with Crippen LogP contribution < -0.4 is 16.0 Å². The Morgan fingerprint density at radius 3 is 2.40 bits per heavy atom. The molecule has 0 saturated heterocycles. The molecule has 0 aromatic carbocycles. The first-order valence-corrected chi connectivity index (χ1v) is 7.18. The lowest BCUT2D eigenvalue weighted by atomic mass is 9.97. The molecular weight excluding hydrogens is 284 g/mol. The van der Waals surface area contributed by atoms with E-state index in [0.29, 0.717) is 4.57 Å². The van der Waals surface area contributed by atoms with Crippen LogP contribution in [0.2, 0.25) is 0 Å². The molecular formula is C11H16N4O4S. The smallest absolute Gasteiger partial charge is 0.302 e.